The molecular weight excluding hydrogens is 266 g/mol. The summed E-state index contributed by atoms with van der Waals surface area (Å²) in [5.41, 5.74) is 7.32. The van der Waals surface area contributed by atoms with Crippen LogP contribution in [0.4, 0.5) is 5.69 Å². The molecule has 0 aliphatic heterocycles. The summed E-state index contributed by atoms with van der Waals surface area (Å²) in [6, 6.07) is 7.08. The SMILES string of the molecule is COc1cc(OC)nc(Cc2cccc(Cl)c2N)n1. The maximum Gasteiger partial charge on any atom is 0.220 e. The fourth-order valence-electron chi connectivity index (χ4n) is 1.64. The van der Waals surface area contributed by atoms with Gasteiger partial charge < -0.3 is 15.2 Å². The molecule has 1 aromatic heterocycles. The molecule has 0 unspecified atom stereocenters. The predicted molar refractivity (Wildman–Crippen MR) is 73.8 cm³/mol. The van der Waals surface area contributed by atoms with Gasteiger partial charge in [0, 0.05) is 6.42 Å². The molecule has 0 saturated carbocycles. The fourth-order valence-corrected chi connectivity index (χ4v) is 1.84. The lowest BCUT2D eigenvalue weighted by atomic mass is 10.1. The molecular formula is C13H14ClN3O2. The Bertz CT molecular complexity index is 568. The molecule has 2 rings (SSSR count). The van der Waals surface area contributed by atoms with Gasteiger partial charge in [0.1, 0.15) is 5.82 Å². The van der Waals surface area contributed by atoms with Crippen molar-refractivity contribution in [3.8, 4) is 11.8 Å². The largest absolute Gasteiger partial charge is 0.481 e. The first-order chi connectivity index (χ1) is 9.13. The second-order valence-corrected chi connectivity index (χ2v) is 4.27. The van der Waals surface area contributed by atoms with Crippen LogP contribution in [0.2, 0.25) is 5.02 Å². The van der Waals surface area contributed by atoms with Gasteiger partial charge in [0.25, 0.3) is 0 Å². The van der Waals surface area contributed by atoms with Gasteiger partial charge in [-0.25, -0.2) is 0 Å². The summed E-state index contributed by atoms with van der Waals surface area (Å²) >= 11 is 5.98. The van der Waals surface area contributed by atoms with Crippen LogP contribution in [0.5, 0.6) is 11.8 Å². The summed E-state index contributed by atoms with van der Waals surface area (Å²) in [6.45, 7) is 0. The molecule has 2 N–H and O–H groups in total. The molecule has 1 heterocycles. The van der Waals surface area contributed by atoms with Crippen LogP contribution >= 0.6 is 11.6 Å². The Morgan fingerprint density at radius 2 is 1.79 bits per heavy atom. The van der Waals surface area contributed by atoms with Crippen molar-refractivity contribution < 1.29 is 9.47 Å². The molecule has 6 heteroatoms. The number of aromatic nitrogens is 2. The van der Waals surface area contributed by atoms with Crippen LogP contribution < -0.4 is 15.2 Å². The van der Waals surface area contributed by atoms with Gasteiger partial charge in [-0.1, -0.05) is 23.7 Å². The lowest BCUT2D eigenvalue weighted by molar-refractivity contribution is 0.369. The van der Waals surface area contributed by atoms with Gasteiger partial charge in [-0.05, 0) is 11.6 Å². The molecule has 19 heavy (non-hydrogen) atoms. The van der Waals surface area contributed by atoms with Crippen LogP contribution in [-0.4, -0.2) is 24.2 Å². The standard InChI is InChI=1S/C13H14ClN3O2/c1-18-11-7-12(19-2)17-10(16-11)6-8-4-3-5-9(14)13(8)15/h3-5,7H,6,15H2,1-2H3. The van der Waals surface area contributed by atoms with E-state index in [1.54, 1.807) is 26.4 Å². The number of hydrogen-bond donors (Lipinski definition) is 1. The Kier molecular flexibility index (Phi) is 4.06. The van der Waals surface area contributed by atoms with Gasteiger partial charge in [-0.2, -0.15) is 9.97 Å². The van der Waals surface area contributed by atoms with E-state index in [0.29, 0.717) is 34.7 Å². The maximum atomic E-state index is 5.98. The van der Waals surface area contributed by atoms with Gasteiger partial charge in [0.2, 0.25) is 11.8 Å². The van der Waals surface area contributed by atoms with E-state index in [-0.39, 0.29) is 0 Å². The first-order valence-electron chi connectivity index (χ1n) is 5.63. The number of rotatable bonds is 4. The number of hydrogen-bond acceptors (Lipinski definition) is 5. The summed E-state index contributed by atoms with van der Waals surface area (Å²) in [6.07, 6.45) is 0.458. The molecule has 0 amide bonds. The van der Waals surface area contributed by atoms with E-state index in [2.05, 4.69) is 9.97 Å². The first kappa shape index (κ1) is 13.4. The predicted octanol–water partition coefficient (Wildman–Crippen LogP) is 2.32. The van der Waals surface area contributed by atoms with Crippen molar-refractivity contribution in [2.24, 2.45) is 0 Å². The number of para-hydroxylation sites is 1. The van der Waals surface area contributed by atoms with Gasteiger partial charge in [0.05, 0.1) is 31.0 Å². The van der Waals surface area contributed by atoms with Gasteiger partial charge in [-0.15, -0.1) is 0 Å². The minimum atomic E-state index is 0.447. The average Bonchev–Trinajstić information content (AvgIpc) is 2.43. The van der Waals surface area contributed by atoms with E-state index in [0.717, 1.165) is 5.56 Å². The quantitative estimate of drug-likeness (QED) is 0.870. The maximum absolute atomic E-state index is 5.98. The highest BCUT2D eigenvalue weighted by atomic mass is 35.5. The summed E-state index contributed by atoms with van der Waals surface area (Å²) < 4.78 is 10.2. The van der Waals surface area contributed by atoms with E-state index < -0.39 is 0 Å². The number of nitrogen functional groups attached to an aromatic ring is 1. The normalized spacial score (nSPS) is 10.3. The molecule has 0 aliphatic carbocycles. The minimum Gasteiger partial charge on any atom is -0.481 e. The van der Waals surface area contributed by atoms with E-state index in [1.165, 1.54) is 0 Å². The molecule has 2 aromatic rings. The van der Waals surface area contributed by atoms with Crippen molar-refractivity contribution >= 4 is 17.3 Å². The van der Waals surface area contributed by atoms with Gasteiger partial charge in [-0.3, -0.25) is 0 Å². The van der Waals surface area contributed by atoms with Gasteiger partial charge in [0.15, 0.2) is 0 Å². The first-order valence-corrected chi connectivity index (χ1v) is 6.00. The molecule has 0 spiro atoms. The van der Waals surface area contributed by atoms with Crippen LogP contribution in [0.3, 0.4) is 0 Å². The molecule has 0 aliphatic rings. The van der Waals surface area contributed by atoms with Crippen molar-refractivity contribution in [3.63, 3.8) is 0 Å². The zero-order valence-electron chi connectivity index (χ0n) is 10.7. The van der Waals surface area contributed by atoms with E-state index in [9.17, 15) is 0 Å². The van der Waals surface area contributed by atoms with E-state index >= 15 is 0 Å². The summed E-state index contributed by atoms with van der Waals surface area (Å²) in [5.74, 6) is 1.45. The number of benzene rings is 1. The lowest BCUT2D eigenvalue weighted by Crippen LogP contribution is -2.03. The van der Waals surface area contributed by atoms with E-state index in [4.69, 9.17) is 26.8 Å². The van der Waals surface area contributed by atoms with Crippen molar-refractivity contribution in [1.29, 1.82) is 0 Å². The number of ether oxygens (including phenoxy) is 2. The molecule has 0 atom stereocenters. The fraction of sp³-hybridized carbons (Fsp3) is 0.231. The highest BCUT2D eigenvalue weighted by molar-refractivity contribution is 6.33. The Labute approximate surface area is 116 Å². The van der Waals surface area contributed by atoms with Crippen molar-refractivity contribution in [2.45, 2.75) is 6.42 Å². The van der Waals surface area contributed by atoms with Crippen LogP contribution in [0, 0.1) is 0 Å². The summed E-state index contributed by atoms with van der Waals surface area (Å²) in [7, 11) is 3.08. The van der Waals surface area contributed by atoms with Crippen molar-refractivity contribution in [3.05, 3.63) is 40.7 Å². The number of nitrogens with two attached hydrogens (primary N) is 1. The summed E-state index contributed by atoms with van der Waals surface area (Å²) in [5, 5.41) is 0.521. The number of anilines is 1. The Hall–Kier alpha value is -2.01. The lowest BCUT2D eigenvalue weighted by Gasteiger charge is -2.08. The minimum absolute atomic E-state index is 0.447. The topological polar surface area (TPSA) is 70.3 Å². The Morgan fingerprint density at radius 1 is 1.16 bits per heavy atom. The second kappa shape index (κ2) is 5.75. The molecule has 0 fully saturated rings. The molecule has 0 saturated heterocycles. The molecule has 5 nitrogen and oxygen atoms in total. The van der Waals surface area contributed by atoms with Crippen LogP contribution in [-0.2, 0) is 6.42 Å². The molecule has 0 bridgehead atoms. The van der Waals surface area contributed by atoms with Gasteiger partial charge >= 0.3 is 0 Å². The number of nitrogens with zero attached hydrogens (tertiary/aromatic N) is 2. The Balaban J connectivity index is 2.34. The third-order valence-electron chi connectivity index (χ3n) is 2.64. The second-order valence-electron chi connectivity index (χ2n) is 3.86. The third kappa shape index (κ3) is 3.06. The summed E-state index contributed by atoms with van der Waals surface area (Å²) in [4.78, 5) is 8.51. The molecule has 0 radical (unpaired) electrons. The zero-order chi connectivity index (χ0) is 13.8. The third-order valence-corrected chi connectivity index (χ3v) is 2.97. The average molecular weight is 280 g/mol. The van der Waals surface area contributed by atoms with E-state index in [1.807, 2.05) is 12.1 Å². The highest BCUT2D eigenvalue weighted by Crippen LogP contribution is 2.25. The smallest absolute Gasteiger partial charge is 0.220 e. The van der Waals surface area contributed by atoms with Crippen molar-refractivity contribution in [1.82, 2.24) is 9.97 Å². The molecule has 1 aromatic carbocycles. The Morgan fingerprint density at radius 3 is 2.37 bits per heavy atom. The number of methoxy groups -OCH3 is 2. The van der Waals surface area contributed by atoms with Crippen LogP contribution in [0.15, 0.2) is 24.3 Å². The van der Waals surface area contributed by atoms with Crippen LogP contribution in [0.25, 0.3) is 0 Å². The number of halogens is 1. The zero-order valence-corrected chi connectivity index (χ0v) is 11.4. The van der Waals surface area contributed by atoms with Crippen molar-refractivity contribution in [2.75, 3.05) is 20.0 Å². The monoisotopic (exact) mass is 279 g/mol. The van der Waals surface area contributed by atoms with Crippen LogP contribution in [0.1, 0.15) is 11.4 Å². The molecule has 100 valence electrons. The highest BCUT2D eigenvalue weighted by Gasteiger charge is 2.09.